The Morgan fingerprint density at radius 3 is 2.97 bits per heavy atom. The molecule has 34 heavy (non-hydrogen) atoms. The summed E-state index contributed by atoms with van der Waals surface area (Å²) in [5, 5.41) is 7.79. The lowest BCUT2D eigenvalue weighted by Crippen LogP contribution is -2.57. The summed E-state index contributed by atoms with van der Waals surface area (Å²) in [7, 11) is 0. The van der Waals surface area contributed by atoms with Gasteiger partial charge in [-0.25, -0.2) is 9.78 Å². The molecule has 3 N–H and O–H groups in total. The lowest BCUT2D eigenvalue weighted by molar-refractivity contribution is -0.158. The highest BCUT2D eigenvalue weighted by atomic mass is 19.4. The second-order valence-corrected chi connectivity index (χ2v) is 8.80. The van der Waals surface area contributed by atoms with Crippen molar-refractivity contribution < 1.29 is 27.5 Å². The first-order valence-electron chi connectivity index (χ1n) is 11.2. The fourth-order valence-corrected chi connectivity index (χ4v) is 4.64. The number of hydrogen-bond acceptors (Lipinski definition) is 6. The van der Waals surface area contributed by atoms with Crippen LogP contribution >= 0.6 is 0 Å². The number of allylic oxidation sites excluding steroid dienone is 1. The molecule has 5 rings (SSSR count). The van der Waals surface area contributed by atoms with E-state index in [2.05, 4.69) is 20.5 Å². The predicted molar refractivity (Wildman–Crippen MR) is 116 cm³/mol. The van der Waals surface area contributed by atoms with Crippen molar-refractivity contribution in [2.45, 2.75) is 50.5 Å². The minimum atomic E-state index is -4.55. The van der Waals surface area contributed by atoms with E-state index in [4.69, 9.17) is 4.74 Å². The van der Waals surface area contributed by atoms with Crippen LogP contribution in [0.1, 0.15) is 25.3 Å². The number of carbonyl (C=O) groups is 2. The van der Waals surface area contributed by atoms with Gasteiger partial charge >= 0.3 is 12.2 Å². The SMILES string of the molecule is C[C@@H](NC(=O)C1C=CC2=C(N1)N(C(=O)Nc1cc3c(cn1)OCCC3)C1CCN2C1)C(F)(F)F. The van der Waals surface area contributed by atoms with E-state index in [-0.39, 0.29) is 6.04 Å². The fraction of sp³-hybridized carbons (Fsp3) is 0.500. The number of alkyl halides is 3. The van der Waals surface area contributed by atoms with E-state index in [1.54, 1.807) is 23.2 Å². The van der Waals surface area contributed by atoms with E-state index >= 15 is 0 Å². The maximum absolute atomic E-state index is 13.3. The van der Waals surface area contributed by atoms with Gasteiger partial charge in [0.2, 0.25) is 5.91 Å². The summed E-state index contributed by atoms with van der Waals surface area (Å²) in [6.45, 7) is 2.89. The number of carbonyl (C=O) groups excluding carboxylic acids is 2. The number of urea groups is 1. The highest BCUT2D eigenvalue weighted by Gasteiger charge is 2.43. The molecule has 0 aliphatic carbocycles. The molecule has 2 unspecified atom stereocenters. The van der Waals surface area contributed by atoms with Crippen LogP contribution in [0.15, 0.2) is 35.9 Å². The monoisotopic (exact) mass is 478 g/mol. The van der Waals surface area contributed by atoms with Crippen molar-refractivity contribution in [2.75, 3.05) is 25.0 Å². The number of rotatable bonds is 3. The van der Waals surface area contributed by atoms with Gasteiger partial charge in [-0.1, -0.05) is 6.08 Å². The number of pyridine rings is 1. The molecule has 4 aliphatic heterocycles. The highest BCUT2D eigenvalue weighted by molar-refractivity contribution is 5.91. The summed E-state index contributed by atoms with van der Waals surface area (Å²) in [6, 6.07) is -1.81. The molecule has 182 valence electrons. The smallest absolute Gasteiger partial charge is 0.408 e. The summed E-state index contributed by atoms with van der Waals surface area (Å²) >= 11 is 0. The first kappa shape index (κ1) is 22.4. The Labute approximate surface area is 194 Å². The summed E-state index contributed by atoms with van der Waals surface area (Å²) in [5.74, 6) is 0.670. The first-order valence-corrected chi connectivity index (χ1v) is 11.2. The Morgan fingerprint density at radius 1 is 1.35 bits per heavy atom. The summed E-state index contributed by atoms with van der Waals surface area (Å²) in [6.07, 6.45) is 2.68. The second-order valence-electron chi connectivity index (χ2n) is 8.80. The second kappa shape index (κ2) is 8.41. The fourth-order valence-electron chi connectivity index (χ4n) is 4.64. The number of aromatic nitrogens is 1. The number of halogens is 3. The molecular weight excluding hydrogens is 453 g/mol. The zero-order chi connectivity index (χ0) is 24.0. The molecule has 3 amide bonds. The summed E-state index contributed by atoms with van der Waals surface area (Å²) < 4.78 is 44.2. The quantitative estimate of drug-likeness (QED) is 0.616. The van der Waals surface area contributed by atoms with Gasteiger partial charge in [-0.3, -0.25) is 15.0 Å². The molecule has 12 heteroatoms. The van der Waals surface area contributed by atoms with Crippen molar-refractivity contribution in [1.29, 1.82) is 0 Å². The molecule has 5 heterocycles. The number of nitrogens with one attached hydrogen (secondary N) is 3. The van der Waals surface area contributed by atoms with Gasteiger partial charge < -0.3 is 20.3 Å². The van der Waals surface area contributed by atoms with Crippen molar-refractivity contribution in [1.82, 2.24) is 25.4 Å². The Bertz CT molecular complexity index is 1070. The van der Waals surface area contributed by atoms with Crippen LogP contribution in [-0.2, 0) is 11.2 Å². The number of amides is 3. The maximum Gasteiger partial charge on any atom is 0.408 e. The van der Waals surface area contributed by atoms with Crippen LogP contribution < -0.4 is 20.7 Å². The van der Waals surface area contributed by atoms with Crippen molar-refractivity contribution in [3.05, 3.63) is 41.5 Å². The van der Waals surface area contributed by atoms with Gasteiger partial charge in [0.15, 0.2) is 0 Å². The number of nitrogens with zero attached hydrogens (tertiary/aromatic N) is 3. The molecule has 9 nitrogen and oxygen atoms in total. The molecule has 0 radical (unpaired) electrons. The van der Waals surface area contributed by atoms with E-state index in [9.17, 15) is 22.8 Å². The highest BCUT2D eigenvalue weighted by Crippen LogP contribution is 2.34. The van der Waals surface area contributed by atoms with Crippen LogP contribution in [0.4, 0.5) is 23.8 Å². The third kappa shape index (κ3) is 4.12. The summed E-state index contributed by atoms with van der Waals surface area (Å²) in [5.41, 5.74) is 1.69. The van der Waals surface area contributed by atoms with Gasteiger partial charge in [0.05, 0.1) is 24.5 Å². The third-order valence-electron chi connectivity index (χ3n) is 6.47. The Kier molecular flexibility index (Phi) is 5.53. The van der Waals surface area contributed by atoms with Gasteiger partial charge in [-0.15, -0.1) is 0 Å². The molecule has 4 aliphatic rings. The van der Waals surface area contributed by atoms with Crippen molar-refractivity contribution in [2.24, 2.45) is 0 Å². The number of hydrogen-bond donors (Lipinski definition) is 3. The van der Waals surface area contributed by atoms with E-state index in [0.717, 1.165) is 44.0 Å². The van der Waals surface area contributed by atoms with Crippen LogP contribution in [0.3, 0.4) is 0 Å². The number of anilines is 1. The van der Waals surface area contributed by atoms with Crippen molar-refractivity contribution in [3.63, 3.8) is 0 Å². The van der Waals surface area contributed by atoms with Crippen LogP contribution in [0.2, 0.25) is 0 Å². The van der Waals surface area contributed by atoms with Gasteiger partial charge in [-0.05, 0) is 43.9 Å². The molecule has 2 bridgehead atoms. The number of dihydropyridines is 1. The average molecular weight is 478 g/mol. The molecule has 1 saturated heterocycles. The van der Waals surface area contributed by atoms with Gasteiger partial charge in [0.1, 0.15) is 29.5 Å². The lowest BCUT2D eigenvalue weighted by Gasteiger charge is -2.41. The lowest BCUT2D eigenvalue weighted by atomic mass is 10.1. The average Bonchev–Trinajstić information content (AvgIpc) is 3.22. The Balaban J connectivity index is 1.34. The van der Waals surface area contributed by atoms with E-state index in [1.165, 1.54) is 6.08 Å². The number of aryl methyl sites for hydroxylation is 1. The van der Waals surface area contributed by atoms with Crippen LogP contribution in [0.5, 0.6) is 5.75 Å². The van der Waals surface area contributed by atoms with Crippen LogP contribution in [0.25, 0.3) is 0 Å². The molecule has 0 aromatic carbocycles. The Morgan fingerprint density at radius 2 is 2.18 bits per heavy atom. The zero-order valence-electron chi connectivity index (χ0n) is 18.5. The van der Waals surface area contributed by atoms with Gasteiger partial charge in [0, 0.05) is 13.1 Å². The number of ether oxygens (including phenoxy) is 1. The normalized spacial score (nSPS) is 24.0. The largest absolute Gasteiger partial charge is 0.492 e. The maximum atomic E-state index is 13.3. The Hall–Kier alpha value is -3.44. The van der Waals surface area contributed by atoms with Crippen LogP contribution in [-0.4, -0.2) is 70.7 Å². The molecule has 1 fully saturated rings. The van der Waals surface area contributed by atoms with E-state index in [1.807, 2.05) is 5.32 Å². The predicted octanol–water partition coefficient (Wildman–Crippen LogP) is 2.09. The molecule has 1 aromatic rings. The van der Waals surface area contributed by atoms with Crippen molar-refractivity contribution >= 4 is 17.8 Å². The topological polar surface area (TPSA) is 98.8 Å². The standard InChI is InChI=1S/C22H25F3N6O3/c1-12(22(23,24)25)27-20(32)15-4-5-16-19(28-15)31(14-6-7-30(16)11-14)21(33)29-18-9-13-3-2-8-34-17(13)10-26-18/h4-5,9-10,12,14-15,28H,2-3,6-8,11H2,1H3,(H,27,32)(H,26,29,33)/t12-,14?,15?/m1/s1. The molecule has 0 spiro atoms. The summed E-state index contributed by atoms with van der Waals surface area (Å²) in [4.78, 5) is 33.8. The van der Waals surface area contributed by atoms with Gasteiger partial charge in [0.25, 0.3) is 0 Å². The van der Waals surface area contributed by atoms with E-state index < -0.39 is 30.2 Å². The van der Waals surface area contributed by atoms with Crippen LogP contribution in [0, 0.1) is 0 Å². The first-order chi connectivity index (χ1) is 16.2. The third-order valence-corrected chi connectivity index (χ3v) is 6.47. The molecule has 3 atom stereocenters. The minimum absolute atomic E-state index is 0.142. The molecule has 0 saturated carbocycles. The minimum Gasteiger partial charge on any atom is -0.492 e. The van der Waals surface area contributed by atoms with E-state index in [0.29, 0.717) is 30.5 Å². The molecular formula is C22H25F3N6O3. The zero-order valence-corrected chi connectivity index (χ0v) is 18.5. The molecule has 1 aromatic heterocycles. The van der Waals surface area contributed by atoms with Crippen molar-refractivity contribution in [3.8, 4) is 5.75 Å². The number of fused-ring (bicyclic) bond motifs is 4. The van der Waals surface area contributed by atoms with Gasteiger partial charge in [-0.2, -0.15) is 13.2 Å².